The third kappa shape index (κ3) is 2.49. The number of rotatable bonds is 3. The van der Waals surface area contributed by atoms with Gasteiger partial charge in [-0.1, -0.05) is 0 Å². The summed E-state index contributed by atoms with van der Waals surface area (Å²) < 4.78 is 41.0. The van der Waals surface area contributed by atoms with Crippen molar-refractivity contribution in [1.82, 2.24) is 10.2 Å². The van der Waals surface area contributed by atoms with Crippen LogP contribution in [0.1, 0.15) is 18.0 Å². The van der Waals surface area contributed by atoms with E-state index >= 15 is 0 Å². The summed E-state index contributed by atoms with van der Waals surface area (Å²) in [6, 6.07) is 3.35. The van der Waals surface area contributed by atoms with E-state index < -0.39 is 34.6 Å². The van der Waals surface area contributed by atoms with E-state index in [0.717, 1.165) is 24.3 Å². The molecule has 0 saturated carbocycles. The van der Waals surface area contributed by atoms with Crippen LogP contribution in [-0.2, 0) is 0 Å². The maximum Gasteiger partial charge on any atom is 0.391 e. The Balaban J connectivity index is 1.98. The van der Waals surface area contributed by atoms with E-state index in [0.29, 0.717) is 0 Å². The van der Waals surface area contributed by atoms with Crippen LogP contribution in [0.3, 0.4) is 0 Å². The molecule has 0 bridgehead atoms. The van der Waals surface area contributed by atoms with Gasteiger partial charge in [0, 0.05) is 12.0 Å². The molecule has 1 saturated heterocycles. The molecule has 22 heavy (non-hydrogen) atoms. The van der Waals surface area contributed by atoms with Gasteiger partial charge in [0.1, 0.15) is 17.8 Å². The van der Waals surface area contributed by atoms with Gasteiger partial charge in [-0.15, -0.1) is 0 Å². The molecule has 1 aliphatic rings. The Morgan fingerprint density at radius 2 is 2.14 bits per heavy atom. The standard InChI is InChI=1S/C13H11F3N4O2/c14-7-1-2-10(16)9(3-7)11-4-8(15)6-19(11)12-5-13(18-17-12)20(21)22/h1-3,5,8,11H,4,6H2,(H,17,18)/t8-,11+/m0/s1. The van der Waals surface area contributed by atoms with Crippen LogP contribution in [0.5, 0.6) is 0 Å². The summed E-state index contributed by atoms with van der Waals surface area (Å²) in [4.78, 5) is 11.4. The fourth-order valence-electron chi connectivity index (χ4n) is 2.66. The Bertz CT molecular complexity index is 721. The number of aromatic nitrogens is 2. The van der Waals surface area contributed by atoms with Crippen LogP contribution in [0.4, 0.5) is 24.8 Å². The molecular formula is C13H11F3N4O2. The minimum absolute atomic E-state index is 0.0115. The number of benzene rings is 1. The lowest BCUT2D eigenvalue weighted by Crippen LogP contribution is -2.24. The van der Waals surface area contributed by atoms with Gasteiger partial charge in [0.05, 0.1) is 23.8 Å². The molecule has 116 valence electrons. The Labute approximate surface area is 122 Å². The summed E-state index contributed by atoms with van der Waals surface area (Å²) in [5.74, 6) is -1.51. The zero-order valence-corrected chi connectivity index (χ0v) is 11.2. The second kappa shape index (κ2) is 5.32. The average Bonchev–Trinajstić information content (AvgIpc) is 3.07. The molecule has 2 heterocycles. The van der Waals surface area contributed by atoms with Crippen LogP contribution >= 0.6 is 0 Å². The lowest BCUT2D eigenvalue weighted by molar-refractivity contribution is -0.389. The monoisotopic (exact) mass is 312 g/mol. The van der Waals surface area contributed by atoms with E-state index in [2.05, 4.69) is 10.2 Å². The maximum absolute atomic E-state index is 13.9. The van der Waals surface area contributed by atoms with E-state index in [4.69, 9.17) is 0 Å². The first-order valence-electron chi connectivity index (χ1n) is 6.51. The van der Waals surface area contributed by atoms with E-state index in [9.17, 15) is 23.3 Å². The molecule has 0 radical (unpaired) electrons. The number of halogens is 3. The normalized spacial score (nSPS) is 21.3. The van der Waals surface area contributed by atoms with Crippen molar-refractivity contribution >= 4 is 11.6 Å². The highest BCUT2D eigenvalue weighted by atomic mass is 19.1. The van der Waals surface area contributed by atoms with Crippen molar-refractivity contribution < 1.29 is 18.1 Å². The summed E-state index contributed by atoms with van der Waals surface area (Å²) >= 11 is 0. The van der Waals surface area contributed by atoms with Gasteiger partial charge in [-0.2, -0.15) is 5.10 Å². The van der Waals surface area contributed by atoms with Gasteiger partial charge in [0.15, 0.2) is 5.82 Å². The summed E-state index contributed by atoms with van der Waals surface area (Å²) in [6.45, 7) is -0.0834. The lowest BCUT2D eigenvalue weighted by Gasteiger charge is -2.24. The molecule has 0 amide bonds. The number of hydrogen-bond donors (Lipinski definition) is 1. The van der Waals surface area contributed by atoms with Crippen molar-refractivity contribution in [1.29, 1.82) is 0 Å². The van der Waals surface area contributed by atoms with Gasteiger partial charge < -0.3 is 15.0 Å². The first-order chi connectivity index (χ1) is 10.5. The van der Waals surface area contributed by atoms with Crippen LogP contribution < -0.4 is 4.90 Å². The number of aromatic amines is 1. The van der Waals surface area contributed by atoms with Crippen LogP contribution in [0.2, 0.25) is 0 Å². The molecule has 2 atom stereocenters. The average molecular weight is 312 g/mol. The highest BCUT2D eigenvalue weighted by Crippen LogP contribution is 2.38. The van der Waals surface area contributed by atoms with Crippen molar-refractivity contribution in [3.8, 4) is 0 Å². The molecule has 1 aromatic carbocycles. The minimum atomic E-state index is -1.25. The molecule has 0 unspecified atom stereocenters. The molecule has 0 aliphatic carbocycles. The molecule has 1 aliphatic heterocycles. The van der Waals surface area contributed by atoms with E-state index in [1.807, 2.05) is 0 Å². The summed E-state index contributed by atoms with van der Waals surface area (Å²) in [5, 5.41) is 16.6. The van der Waals surface area contributed by atoms with Crippen molar-refractivity contribution in [2.45, 2.75) is 18.6 Å². The largest absolute Gasteiger partial charge is 0.391 e. The molecular weight excluding hydrogens is 301 g/mol. The molecule has 6 nitrogen and oxygen atoms in total. The van der Waals surface area contributed by atoms with Gasteiger partial charge in [-0.3, -0.25) is 0 Å². The van der Waals surface area contributed by atoms with E-state index in [-0.39, 0.29) is 24.3 Å². The predicted octanol–water partition coefficient (Wildman–Crippen LogP) is 2.89. The van der Waals surface area contributed by atoms with Crippen LogP contribution in [0.15, 0.2) is 24.3 Å². The van der Waals surface area contributed by atoms with Gasteiger partial charge in [0.2, 0.25) is 0 Å². The molecule has 2 aromatic rings. The van der Waals surface area contributed by atoms with Crippen molar-refractivity contribution in [2.24, 2.45) is 0 Å². The van der Waals surface area contributed by atoms with E-state index in [1.54, 1.807) is 0 Å². The molecule has 0 spiro atoms. The SMILES string of the molecule is O=[N+]([O-])c1cc(N2C[C@@H](F)C[C@@H]2c2cc(F)ccc2F)[nH]n1. The smallest absolute Gasteiger partial charge is 0.358 e. The Kier molecular flexibility index (Phi) is 3.47. The quantitative estimate of drug-likeness (QED) is 0.698. The number of nitro groups is 1. The summed E-state index contributed by atoms with van der Waals surface area (Å²) in [5.41, 5.74) is 0.0115. The van der Waals surface area contributed by atoms with Crippen molar-refractivity contribution in [2.75, 3.05) is 11.4 Å². The Morgan fingerprint density at radius 1 is 1.36 bits per heavy atom. The lowest BCUT2D eigenvalue weighted by atomic mass is 10.0. The third-order valence-corrected chi connectivity index (χ3v) is 3.61. The highest BCUT2D eigenvalue weighted by Gasteiger charge is 2.37. The summed E-state index contributed by atoms with van der Waals surface area (Å²) in [7, 11) is 0. The molecule has 9 heteroatoms. The first kappa shape index (κ1) is 14.4. The predicted molar refractivity (Wildman–Crippen MR) is 71.2 cm³/mol. The Morgan fingerprint density at radius 3 is 2.82 bits per heavy atom. The van der Waals surface area contributed by atoms with Gasteiger partial charge in [-0.25, -0.2) is 13.2 Å². The minimum Gasteiger partial charge on any atom is -0.358 e. The van der Waals surface area contributed by atoms with Gasteiger partial charge >= 0.3 is 5.82 Å². The van der Waals surface area contributed by atoms with Crippen molar-refractivity contribution in [3.63, 3.8) is 0 Å². The number of nitrogens with zero attached hydrogens (tertiary/aromatic N) is 3. The number of hydrogen-bond acceptors (Lipinski definition) is 4. The van der Waals surface area contributed by atoms with E-state index in [1.165, 1.54) is 4.90 Å². The summed E-state index contributed by atoms with van der Waals surface area (Å²) in [6.07, 6.45) is -1.29. The third-order valence-electron chi connectivity index (χ3n) is 3.61. The zero-order chi connectivity index (χ0) is 15.9. The number of anilines is 1. The molecule has 3 rings (SSSR count). The van der Waals surface area contributed by atoms with Crippen LogP contribution in [-0.4, -0.2) is 27.8 Å². The number of H-pyrrole nitrogens is 1. The molecule has 1 aromatic heterocycles. The first-order valence-corrected chi connectivity index (χ1v) is 6.51. The molecule has 1 fully saturated rings. The second-order valence-electron chi connectivity index (χ2n) is 5.04. The fraction of sp³-hybridized carbons (Fsp3) is 0.308. The zero-order valence-electron chi connectivity index (χ0n) is 11.2. The second-order valence-corrected chi connectivity index (χ2v) is 5.04. The topological polar surface area (TPSA) is 75.1 Å². The Hall–Kier alpha value is -2.58. The van der Waals surface area contributed by atoms with Crippen molar-refractivity contribution in [3.05, 3.63) is 51.6 Å². The van der Waals surface area contributed by atoms with Gasteiger partial charge in [-0.05, 0) is 23.1 Å². The fourth-order valence-corrected chi connectivity index (χ4v) is 2.66. The van der Waals surface area contributed by atoms with Gasteiger partial charge in [0.25, 0.3) is 0 Å². The number of nitrogens with one attached hydrogen (secondary N) is 1. The maximum atomic E-state index is 13.9. The molecule has 1 N–H and O–H groups in total. The number of alkyl halides is 1. The highest BCUT2D eigenvalue weighted by molar-refractivity contribution is 5.48. The van der Waals surface area contributed by atoms with Crippen LogP contribution in [0, 0.1) is 21.7 Å². The van der Waals surface area contributed by atoms with Crippen LogP contribution in [0.25, 0.3) is 0 Å².